The Balaban J connectivity index is 1.56. The number of nitrogens with one attached hydrogen (secondary N) is 1. The second-order valence-electron chi connectivity index (χ2n) is 8.28. The lowest BCUT2D eigenvalue weighted by Gasteiger charge is -2.30. The molecule has 2 heterocycles. The predicted octanol–water partition coefficient (Wildman–Crippen LogP) is 5.30. The molecule has 1 unspecified atom stereocenters. The minimum absolute atomic E-state index is 0.0534. The Morgan fingerprint density at radius 3 is 2.43 bits per heavy atom. The van der Waals surface area contributed by atoms with E-state index in [1.807, 2.05) is 13.8 Å². The van der Waals surface area contributed by atoms with Gasteiger partial charge in [0.2, 0.25) is 0 Å². The molecule has 0 aliphatic carbocycles. The molecule has 1 aliphatic rings. The summed E-state index contributed by atoms with van der Waals surface area (Å²) in [4.78, 5) is 30.1. The van der Waals surface area contributed by atoms with Crippen LogP contribution in [0.3, 0.4) is 0 Å². The van der Waals surface area contributed by atoms with Crippen molar-refractivity contribution in [3.05, 3.63) is 68.9 Å². The van der Waals surface area contributed by atoms with E-state index in [1.54, 1.807) is 31.2 Å². The second-order valence-corrected chi connectivity index (χ2v) is 9.49. The fourth-order valence-electron chi connectivity index (χ4n) is 4.01. The number of carbonyl (C=O) groups is 2. The number of aryl methyl sites for hydroxylation is 2. The minimum Gasteiger partial charge on any atom is -0.492 e. The molecule has 0 fully saturated rings. The van der Waals surface area contributed by atoms with Gasteiger partial charge in [-0.25, -0.2) is 14.2 Å². The number of hydrogen-bond donors (Lipinski definition) is 1. The summed E-state index contributed by atoms with van der Waals surface area (Å²) < 4.78 is 30.5. The number of methoxy groups -OCH3 is 2. The van der Waals surface area contributed by atoms with E-state index in [9.17, 15) is 14.0 Å². The van der Waals surface area contributed by atoms with Crippen molar-refractivity contribution in [2.24, 2.45) is 5.10 Å². The molecule has 1 aromatic heterocycles. The summed E-state index contributed by atoms with van der Waals surface area (Å²) in [6.07, 6.45) is -0.768. The molecule has 0 radical (unpaired) electrons. The molecule has 194 valence electrons. The van der Waals surface area contributed by atoms with Crippen LogP contribution in [0.2, 0.25) is 0 Å². The first-order chi connectivity index (χ1) is 17.7. The molecule has 0 saturated carbocycles. The van der Waals surface area contributed by atoms with Gasteiger partial charge in [-0.05, 0) is 50.1 Å². The van der Waals surface area contributed by atoms with E-state index < -0.39 is 18.0 Å². The van der Waals surface area contributed by atoms with Crippen molar-refractivity contribution in [1.29, 1.82) is 0 Å². The van der Waals surface area contributed by atoms with Crippen molar-refractivity contribution in [3.8, 4) is 11.5 Å². The zero-order valence-corrected chi connectivity index (χ0v) is 21.9. The summed E-state index contributed by atoms with van der Waals surface area (Å²) in [5.41, 5.74) is 2.96. The van der Waals surface area contributed by atoms with Gasteiger partial charge in [0.05, 0.1) is 31.5 Å². The fraction of sp³-hybridized carbons (Fsp3) is 0.308. The third-order valence-corrected chi connectivity index (χ3v) is 6.83. The number of rotatable bonds is 8. The topological polar surface area (TPSA) is 102 Å². The number of nitrogens with zero attached hydrogens (tertiary/aromatic N) is 3. The van der Waals surface area contributed by atoms with E-state index in [1.165, 1.54) is 42.7 Å². The molecule has 0 bridgehead atoms. The molecular formula is C26H27FN4O5S. The standard InChI is InChI=1S/C26H27FN4O5S/c1-6-20-21(18-11-12-19(27)23(35-5)22(18)34-4)30-31(26(33)36-20)13-16-7-9-17(10-8-16)29-25(32)24-14(2)28-15(3)37-24/h7-12,20H,6,13H2,1-5H3,(H,29,32). The van der Waals surface area contributed by atoms with Crippen molar-refractivity contribution in [2.45, 2.75) is 39.8 Å². The second kappa shape index (κ2) is 11.0. The Bertz CT molecular complexity index is 1360. The number of hydrazone groups is 1. The number of ether oxygens (including phenoxy) is 3. The van der Waals surface area contributed by atoms with Crippen LogP contribution in [-0.4, -0.2) is 48.0 Å². The lowest BCUT2D eigenvalue weighted by molar-refractivity contribution is 0.0711. The third kappa shape index (κ3) is 5.41. The van der Waals surface area contributed by atoms with Gasteiger partial charge < -0.3 is 19.5 Å². The van der Waals surface area contributed by atoms with Crippen molar-refractivity contribution in [2.75, 3.05) is 19.5 Å². The summed E-state index contributed by atoms with van der Waals surface area (Å²) >= 11 is 1.34. The quantitative estimate of drug-likeness (QED) is 0.427. The van der Waals surface area contributed by atoms with Crippen LogP contribution in [0.5, 0.6) is 11.5 Å². The monoisotopic (exact) mass is 526 g/mol. The van der Waals surface area contributed by atoms with Crippen molar-refractivity contribution in [3.63, 3.8) is 0 Å². The average Bonchev–Trinajstić information content (AvgIpc) is 3.23. The Labute approximate surface area is 217 Å². The van der Waals surface area contributed by atoms with E-state index in [0.29, 0.717) is 34.0 Å². The number of amides is 2. The van der Waals surface area contributed by atoms with Gasteiger partial charge in [0, 0.05) is 11.3 Å². The molecule has 1 aliphatic heterocycles. The van der Waals surface area contributed by atoms with Gasteiger partial charge in [0.25, 0.3) is 5.91 Å². The Morgan fingerprint density at radius 2 is 1.84 bits per heavy atom. The van der Waals surface area contributed by atoms with Gasteiger partial charge in [0.1, 0.15) is 16.7 Å². The molecule has 4 rings (SSSR count). The molecule has 0 spiro atoms. The fourth-order valence-corrected chi connectivity index (χ4v) is 4.82. The number of halogens is 1. The first-order valence-electron chi connectivity index (χ1n) is 11.6. The molecule has 2 aromatic carbocycles. The average molecular weight is 527 g/mol. The first kappa shape index (κ1) is 26.1. The van der Waals surface area contributed by atoms with Crippen LogP contribution in [0.15, 0.2) is 41.5 Å². The minimum atomic E-state index is -0.635. The maximum atomic E-state index is 14.2. The van der Waals surface area contributed by atoms with Crippen molar-refractivity contribution < 1.29 is 28.2 Å². The van der Waals surface area contributed by atoms with E-state index in [-0.39, 0.29) is 24.0 Å². The van der Waals surface area contributed by atoms with E-state index in [4.69, 9.17) is 14.2 Å². The maximum Gasteiger partial charge on any atom is 0.431 e. The molecule has 37 heavy (non-hydrogen) atoms. The normalized spacial score (nSPS) is 15.2. The van der Waals surface area contributed by atoms with E-state index in [0.717, 1.165) is 10.6 Å². The largest absolute Gasteiger partial charge is 0.492 e. The smallest absolute Gasteiger partial charge is 0.431 e. The molecular weight excluding hydrogens is 499 g/mol. The summed E-state index contributed by atoms with van der Waals surface area (Å²) in [7, 11) is 2.76. The Morgan fingerprint density at radius 1 is 1.14 bits per heavy atom. The van der Waals surface area contributed by atoms with E-state index in [2.05, 4.69) is 15.4 Å². The van der Waals surface area contributed by atoms with Crippen LogP contribution in [0.4, 0.5) is 14.9 Å². The molecule has 9 nitrogen and oxygen atoms in total. The third-order valence-electron chi connectivity index (χ3n) is 5.76. The Hall–Kier alpha value is -3.99. The number of cyclic esters (lactones) is 1. The zero-order chi connectivity index (χ0) is 26.7. The highest BCUT2D eigenvalue weighted by Crippen LogP contribution is 2.36. The first-order valence-corrected chi connectivity index (χ1v) is 12.4. The van der Waals surface area contributed by atoms with Crippen molar-refractivity contribution >= 4 is 34.7 Å². The molecule has 11 heteroatoms. The van der Waals surface area contributed by atoms with Crippen LogP contribution >= 0.6 is 11.3 Å². The number of anilines is 1. The van der Waals surface area contributed by atoms with E-state index >= 15 is 0 Å². The highest BCUT2D eigenvalue weighted by atomic mass is 32.1. The summed E-state index contributed by atoms with van der Waals surface area (Å²) in [5.74, 6) is -0.681. The van der Waals surface area contributed by atoms with Gasteiger partial charge in [-0.2, -0.15) is 10.1 Å². The highest BCUT2D eigenvalue weighted by Gasteiger charge is 2.33. The number of carbonyl (C=O) groups excluding carboxylic acids is 2. The zero-order valence-electron chi connectivity index (χ0n) is 21.1. The predicted molar refractivity (Wildman–Crippen MR) is 138 cm³/mol. The van der Waals surface area contributed by atoms with Gasteiger partial charge >= 0.3 is 6.09 Å². The van der Waals surface area contributed by atoms with Gasteiger partial charge in [-0.1, -0.05) is 19.1 Å². The van der Waals surface area contributed by atoms with Gasteiger partial charge in [-0.15, -0.1) is 11.3 Å². The number of hydrogen-bond acceptors (Lipinski definition) is 8. The highest BCUT2D eigenvalue weighted by molar-refractivity contribution is 7.13. The maximum absolute atomic E-state index is 14.2. The summed E-state index contributed by atoms with van der Waals surface area (Å²) in [6, 6.07) is 9.86. The number of thiazole rings is 1. The van der Waals surface area contributed by atoms with Gasteiger partial charge in [0.15, 0.2) is 17.3 Å². The van der Waals surface area contributed by atoms with Crippen LogP contribution in [0.25, 0.3) is 0 Å². The lowest BCUT2D eigenvalue weighted by atomic mass is 10.0. The van der Waals surface area contributed by atoms with Crippen LogP contribution < -0.4 is 14.8 Å². The molecule has 3 aromatic rings. The molecule has 1 N–H and O–H groups in total. The number of benzene rings is 2. The summed E-state index contributed by atoms with van der Waals surface area (Å²) in [6.45, 7) is 5.64. The van der Waals surface area contributed by atoms with Crippen LogP contribution in [0, 0.1) is 19.7 Å². The summed E-state index contributed by atoms with van der Waals surface area (Å²) in [5, 5.41) is 9.45. The van der Waals surface area contributed by atoms with Crippen LogP contribution in [0.1, 0.15) is 44.8 Å². The van der Waals surface area contributed by atoms with Crippen molar-refractivity contribution in [1.82, 2.24) is 9.99 Å². The number of aromatic nitrogens is 1. The lowest BCUT2D eigenvalue weighted by Crippen LogP contribution is -2.41. The Kier molecular flexibility index (Phi) is 7.72. The van der Waals surface area contributed by atoms with Crippen LogP contribution in [-0.2, 0) is 11.3 Å². The molecule has 2 amide bonds. The SMILES string of the molecule is CCC1OC(=O)N(Cc2ccc(NC(=O)c3sc(C)nc3C)cc2)N=C1c1ccc(F)c(OC)c1OC. The molecule has 0 saturated heterocycles. The van der Waals surface area contributed by atoms with Gasteiger partial charge in [-0.3, -0.25) is 4.79 Å². The molecule has 1 atom stereocenters.